The second kappa shape index (κ2) is 4.88. The number of nitrogens with zero attached hydrogens (tertiary/aromatic N) is 1. The van der Waals surface area contributed by atoms with Crippen molar-refractivity contribution in [2.45, 2.75) is 45.2 Å². The zero-order valence-electron chi connectivity index (χ0n) is 11.5. The fraction of sp³-hybridized carbons (Fsp3) is 0.846. The van der Waals surface area contributed by atoms with E-state index in [4.69, 9.17) is 0 Å². The van der Waals surface area contributed by atoms with Crippen LogP contribution < -0.4 is 10.6 Å². The quantitative estimate of drug-likeness (QED) is 0.697. The van der Waals surface area contributed by atoms with Crippen molar-refractivity contribution in [3.05, 3.63) is 0 Å². The Morgan fingerprint density at radius 2 is 2.11 bits per heavy atom. The van der Waals surface area contributed by atoms with Gasteiger partial charge in [-0.1, -0.05) is 6.92 Å². The summed E-state index contributed by atoms with van der Waals surface area (Å²) in [7, 11) is 0. The average molecular weight is 253 g/mol. The molecule has 0 aromatic heterocycles. The average Bonchev–Trinajstić information content (AvgIpc) is 2.32. The molecule has 2 rings (SSSR count). The van der Waals surface area contributed by atoms with Gasteiger partial charge in [-0.05, 0) is 39.2 Å². The molecule has 2 heterocycles. The molecule has 0 aliphatic carbocycles. The minimum absolute atomic E-state index is 0.0643. The molecule has 0 aromatic carbocycles. The van der Waals surface area contributed by atoms with E-state index in [1.807, 2.05) is 13.8 Å². The van der Waals surface area contributed by atoms with Crippen molar-refractivity contribution in [2.75, 3.05) is 19.6 Å². The molecular weight excluding hydrogens is 230 g/mol. The lowest BCUT2D eigenvalue weighted by Gasteiger charge is -2.44. The maximum atomic E-state index is 12.6. The third-order valence-corrected chi connectivity index (χ3v) is 4.15. The van der Waals surface area contributed by atoms with E-state index in [0.29, 0.717) is 19.0 Å². The molecule has 2 N–H and O–H groups in total. The van der Waals surface area contributed by atoms with E-state index in [9.17, 15) is 9.59 Å². The molecule has 0 saturated carbocycles. The summed E-state index contributed by atoms with van der Waals surface area (Å²) in [6.45, 7) is 7.77. The van der Waals surface area contributed by atoms with E-state index in [1.165, 1.54) is 0 Å². The standard InChI is InChI=1S/C13H23N3O2/c1-9-5-4-6-14-10(9)11(17)16-8-7-15-12(18)13(16,2)3/h9-10,14H,4-8H2,1-3H3,(H,15,18). The Kier molecular flexibility index (Phi) is 3.61. The van der Waals surface area contributed by atoms with Gasteiger partial charge >= 0.3 is 0 Å². The van der Waals surface area contributed by atoms with Crippen LogP contribution in [0.5, 0.6) is 0 Å². The molecule has 18 heavy (non-hydrogen) atoms. The number of carbonyl (C=O) groups is 2. The van der Waals surface area contributed by atoms with Gasteiger partial charge in [0.1, 0.15) is 5.54 Å². The summed E-state index contributed by atoms with van der Waals surface area (Å²) < 4.78 is 0. The fourth-order valence-corrected chi connectivity index (χ4v) is 2.83. The van der Waals surface area contributed by atoms with Crippen LogP contribution in [0.25, 0.3) is 0 Å². The topological polar surface area (TPSA) is 61.4 Å². The molecule has 0 radical (unpaired) electrons. The molecule has 2 atom stereocenters. The predicted molar refractivity (Wildman–Crippen MR) is 69.0 cm³/mol. The number of carbonyl (C=O) groups excluding carboxylic acids is 2. The van der Waals surface area contributed by atoms with Crippen LogP contribution in [0.4, 0.5) is 0 Å². The summed E-state index contributed by atoms with van der Waals surface area (Å²) in [6, 6.07) is -0.135. The maximum Gasteiger partial charge on any atom is 0.245 e. The van der Waals surface area contributed by atoms with Crippen LogP contribution in [-0.2, 0) is 9.59 Å². The van der Waals surface area contributed by atoms with E-state index < -0.39 is 5.54 Å². The highest BCUT2D eigenvalue weighted by atomic mass is 16.2. The minimum Gasteiger partial charge on any atom is -0.352 e. The molecule has 5 heteroatoms. The van der Waals surface area contributed by atoms with Gasteiger partial charge in [-0.3, -0.25) is 9.59 Å². The van der Waals surface area contributed by atoms with E-state index in [2.05, 4.69) is 17.6 Å². The molecular formula is C13H23N3O2. The monoisotopic (exact) mass is 253 g/mol. The van der Waals surface area contributed by atoms with E-state index in [1.54, 1.807) is 4.90 Å². The summed E-state index contributed by atoms with van der Waals surface area (Å²) in [5.74, 6) is 0.347. The highest BCUT2D eigenvalue weighted by molar-refractivity contribution is 5.93. The Bertz CT molecular complexity index is 354. The number of rotatable bonds is 1. The van der Waals surface area contributed by atoms with Gasteiger partial charge in [0.2, 0.25) is 11.8 Å². The summed E-state index contributed by atoms with van der Waals surface area (Å²) in [5.41, 5.74) is -0.742. The first-order valence-corrected chi connectivity index (χ1v) is 6.78. The molecule has 5 nitrogen and oxygen atoms in total. The molecule has 2 fully saturated rings. The number of nitrogens with one attached hydrogen (secondary N) is 2. The van der Waals surface area contributed by atoms with Gasteiger partial charge in [0.25, 0.3) is 0 Å². The van der Waals surface area contributed by atoms with Gasteiger partial charge in [0, 0.05) is 13.1 Å². The van der Waals surface area contributed by atoms with Crippen molar-refractivity contribution < 1.29 is 9.59 Å². The number of hydrogen-bond donors (Lipinski definition) is 2. The van der Waals surface area contributed by atoms with Gasteiger partial charge in [0.05, 0.1) is 6.04 Å². The van der Waals surface area contributed by atoms with Crippen LogP contribution in [-0.4, -0.2) is 47.9 Å². The highest BCUT2D eigenvalue weighted by Gasteiger charge is 2.43. The molecule has 0 aromatic rings. The van der Waals surface area contributed by atoms with Gasteiger partial charge in [-0.15, -0.1) is 0 Å². The smallest absolute Gasteiger partial charge is 0.245 e. The van der Waals surface area contributed by atoms with Crippen molar-refractivity contribution in [3.63, 3.8) is 0 Å². The SMILES string of the molecule is CC1CCCNC1C(=O)N1CCNC(=O)C1(C)C. The first kappa shape index (κ1) is 13.3. The third-order valence-electron chi connectivity index (χ3n) is 4.15. The fourth-order valence-electron chi connectivity index (χ4n) is 2.83. The van der Waals surface area contributed by atoms with E-state index in [0.717, 1.165) is 19.4 Å². The second-order valence-corrected chi connectivity index (χ2v) is 5.86. The van der Waals surface area contributed by atoms with Crippen LogP contribution in [0.1, 0.15) is 33.6 Å². The molecule has 2 aliphatic heterocycles. The van der Waals surface area contributed by atoms with Crippen molar-refractivity contribution in [2.24, 2.45) is 5.92 Å². The van der Waals surface area contributed by atoms with Crippen LogP contribution in [0, 0.1) is 5.92 Å². The molecule has 2 amide bonds. The Hall–Kier alpha value is -1.10. The largest absolute Gasteiger partial charge is 0.352 e. The van der Waals surface area contributed by atoms with Gasteiger partial charge in [-0.2, -0.15) is 0 Å². The highest BCUT2D eigenvalue weighted by Crippen LogP contribution is 2.23. The lowest BCUT2D eigenvalue weighted by Crippen LogP contribution is -2.67. The minimum atomic E-state index is -0.742. The van der Waals surface area contributed by atoms with Crippen molar-refractivity contribution in [1.29, 1.82) is 0 Å². The first-order valence-electron chi connectivity index (χ1n) is 6.78. The van der Waals surface area contributed by atoms with E-state index in [-0.39, 0.29) is 17.9 Å². The Labute approximate surface area is 108 Å². The Morgan fingerprint density at radius 1 is 1.39 bits per heavy atom. The van der Waals surface area contributed by atoms with Crippen LogP contribution >= 0.6 is 0 Å². The molecule has 0 bridgehead atoms. The summed E-state index contributed by atoms with van der Waals surface area (Å²) in [5, 5.41) is 6.11. The molecule has 2 saturated heterocycles. The van der Waals surface area contributed by atoms with Gasteiger partial charge in [-0.25, -0.2) is 0 Å². The van der Waals surface area contributed by atoms with Crippen LogP contribution in [0.3, 0.4) is 0 Å². The molecule has 0 spiro atoms. The number of piperidine rings is 1. The lowest BCUT2D eigenvalue weighted by atomic mass is 9.89. The Balaban J connectivity index is 2.14. The third kappa shape index (κ3) is 2.23. The van der Waals surface area contributed by atoms with E-state index >= 15 is 0 Å². The van der Waals surface area contributed by atoms with Gasteiger partial charge in [0.15, 0.2) is 0 Å². The van der Waals surface area contributed by atoms with Crippen molar-refractivity contribution in [3.8, 4) is 0 Å². The van der Waals surface area contributed by atoms with Crippen LogP contribution in [0.2, 0.25) is 0 Å². The molecule has 2 unspecified atom stereocenters. The van der Waals surface area contributed by atoms with Crippen molar-refractivity contribution >= 4 is 11.8 Å². The summed E-state index contributed by atoms with van der Waals surface area (Å²) >= 11 is 0. The molecule has 2 aliphatic rings. The summed E-state index contributed by atoms with van der Waals surface area (Å²) in [6.07, 6.45) is 2.19. The zero-order chi connectivity index (χ0) is 13.3. The van der Waals surface area contributed by atoms with Crippen molar-refractivity contribution in [1.82, 2.24) is 15.5 Å². The lowest BCUT2D eigenvalue weighted by molar-refractivity contribution is -0.151. The summed E-state index contributed by atoms with van der Waals surface area (Å²) in [4.78, 5) is 26.2. The Morgan fingerprint density at radius 3 is 2.78 bits per heavy atom. The zero-order valence-corrected chi connectivity index (χ0v) is 11.5. The number of piperazine rings is 1. The van der Waals surface area contributed by atoms with Gasteiger partial charge < -0.3 is 15.5 Å². The first-order chi connectivity index (χ1) is 8.44. The van der Waals surface area contributed by atoms with Crippen LogP contribution in [0.15, 0.2) is 0 Å². The number of hydrogen-bond acceptors (Lipinski definition) is 3. The predicted octanol–water partition coefficient (Wildman–Crippen LogP) is 0.112. The number of amides is 2. The maximum absolute atomic E-state index is 12.6. The second-order valence-electron chi connectivity index (χ2n) is 5.86. The normalized spacial score (nSPS) is 31.9. The molecule has 102 valence electrons.